The van der Waals surface area contributed by atoms with Crippen molar-refractivity contribution < 1.29 is 30.4 Å². The summed E-state index contributed by atoms with van der Waals surface area (Å²) in [5, 5.41) is 1.15. The molecule has 38 heavy (non-hydrogen) atoms. The smallest absolute Gasteiger partial charge is 0.363 e. The summed E-state index contributed by atoms with van der Waals surface area (Å²) < 4.78 is 74.4. The van der Waals surface area contributed by atoms with E-state index in [-0.39, 0.29) is 5.56 Å². The van der Waals surface area contributed by atoms with E-state index in [0.29, 0.717) is 27.5 Å². The third-order valence-electron chi connectivity index (χ3n) is 6.74. The lowest BCUT2D eigenvalue weighted by Gasteiger charge is -2.21. The maximum absolute atomic E-state index is 12.5. The summed E-state index contributed by atoms with van der Waals surface area (Å²) in [6, 6.07) is 14.4. The molecule has 0 amide bonds. The number of hydrogen-bond donors (Lipinski definition) is 2. The number of nitrogens with zero attached hydrogens (tertiary/aromatic N) is 2. The first-order chi connectivity index (χ1) is 17.9. The zero-order valence-electron chi connectivity index (χ0n) is 21.7. The van der Waals surface area contributed by atoms with Gasteiger partial charge in [0, 0.05) is 48.7 Å². The largest absolute Gasteiger partial charge is 0.372 e. The monoisotopic (exact) mass is 559 g/mol. The number of fused-ring (bicyclic) bond motifs is 2. The number of hydrogen-bond acceptors (Lipinski definition) is 6. The summed E-state index contributed by atoms with van der Waals surface area (Å²) in [7, 11) is -9.60. The molecular weight excluding hydrogens is 528 g/mol. The van der Waals surface area contributed by atoms with E-state index in [1.54, 1.807) is 0 Å². The number of rotatable bonds is 9. The van der Waals surface area contributed by atoms with Crippen LogP contribution in [0.4, 0.5) is 11.4 Å². The van der Waals surface area contributed by atoms with Crippen LogP contribution in [0.25, 0.3) is 33.1 Å². The summed E-state index contributed by atoms with van der Waals surface area (Å²) in [5.74, 6) is 0. The Hall–Kier alpha value is -3.25. The van der Waals surface area contributed by atoms with Gasteiger partial charge in [0.1, 0.15) is 4.90 Å². The van der Waals surface area contributed by atoms with E-state index in [1.165, 1.54) is 6.07 Å². The van der Waals surface area contributed by atoms with Gasteiger partial charge in [-0.2, -0.15) is 16.8 Å². The van der Waals surface area contributed by atoms with Crippen LogP contribution in [0.2, 0.25) is 0 Å². The summed E-state index contributed by atoms with van der Waals surface area (Å²) in [6.07, 6.45) is 0. The highest BCUT2D eigenvalue weighted by Gasteiger charge is 2.28. The van der Waals surface area contributed by atoms with E-state index >= 15 is 0 Å². The fourth-order valence-corrected chi connectivity index (χ4v) is 6.12. The number of anilines is 2. The molecule has 1 heterocycles. The van der Waals surface area contributed by atoms with E-state index in [1.807, 2.05) is 64.1 Å². The van der Waals surface area contributed by atoms with Crippen LogP contribution >= 0.6 is 0 Å². The minimum atomic E-state index is -4.88. The molecule has 0 bridgehead atoms. The topological polar surface area (TPSA) is 127 Å². The standard InChI is InChI=1S/C27H30N2O7S2/c1-5-28(6-2)18-9-12-21-24(15-18)36-25-16-19(29(7-3)8-4)10-13-22(25)27(21)23-14-11-20(37(30,31)32)17-26(23)38(33,34)35/h9-17H,5-8H2,1-4H3,(H-,30,31,32,33,34,35)/p+1. The van der Waals surface area contributed by atoms with Gasteiger partial charge in [-0.25, -0.2) is 4.42 Å². The molecule has 4 aromatic rings. The van der Waals surface area contributed by atoms with Crippen LogP contribution in [0.1, 0.15) is 27.7 Å². The average Bonchev–Trinajstić information content (AvgIpc) is 2.87. The van der Waals surface area contributed by atoms with Gasteiger partial charge in [-0.15, -0.1) is 0 Å². The van der Waals surface area contributed by atoms with Gasteiger partial charge in [0.15, 0.2) is 0 Å². The van der Waals surface area contributed by atoms with Crippen LogP contribution in [0.15, 0.2) is 68.8 Å². The van der Waals surface area contributed by atoms with Crippen LogP contribution in [0, 0.1) is 0 Å². The third kappa shape index (κ3) is 5.19. The third-order valence-corrected chi connectivity index (χ3v) is 8.49. The van der Waals surface area contributed by atoms with Crippen molar-refractivity contribution in [1.29, 1.82) is 0 Å². The van der Waals surface area contributed by atoms with Crippen LogP contribution < -0.4 is 9.80 Å². The Bertz CT molecular complexity index is 1660. The molecule has 0 aliphatic rings. The van der Waals surface area contributed by atoms with E-state index in [9.17, 15) is 25.9 Å². The summed E-state index contributed by atoms with van der Waals surface area (Å²) in [5.41, 5.74) is 3.37. The quantitative estimate of drug-likeness (QED) is 0.150. The molecule has 4 rings (SSSR count). The van der Waals surface area contributed by atoms with E-state index in [2.05, 4.69) is 9.80 Å². The Balaban J connectivity index is 2.15. The summed E-state index contributed by atoms with van der Waals surface area (Å²) in [6.45, 7) is 11.3. The highest BCUT2D eigenvalue weighted by molar-refractivity contribution is 7.86. The molecule has 0 radical (unpaired) electrons. The van der Waals surface area contributed by atoms with Crippen molar-refractivity contribution in [3.05, 3.63) is 54.6 Å². The fraction of sp³-hybridized carbons (Fsp3) is 0.296. The molecule has 0 aliphatic heterocycles. The van der Waals surface area contributed by atoms with E-state index < -0.39 is 30.0 Å². The Morgan fingerprint density at radius 1 is 0.658 bits per heavy atom. The molecule has 1 aromatic heterocycles. The van der Waals surface area contributed by atoms with Crippen LogP contribution in [0.5, 0.6) is 0 Å². The van der Waals surface area contributed by atoms with Crippen molar-refractivity contribution in [1.82, 2.24) is 0 Å². The van der Waals surface area contributed by atoms with Gasteiger partial charge < -0.3 is 9.80 Å². The predicted molar refractivity (Wildman–Crippen MR) is 150 cm³/mol. The van der Waals surface area contributed by atoms with Gasteiger partial charge in [-0.1, -0.05) is 6.07 Å². The molecule has 0 saturated heterocycles. The minimum Gasteiger partial charge on any atom is -0.372 e. The Morgan fingerprint density at radius 3 is 1.53 bits per heavy atom. The molecule has 3 aromatic carbocycles. The molecule has 0 aliphatic carbocycles. The fourth-order valence-electron chi connectivity index (χ4n) is 4.81. The Kier molecular flexibility index (Phi) is 7.67. The van der Waals surface area contributed by atoms with Crippen molar-refractivity contribution >= 4 is 53.5 Å². The molecular formula is C27H31N2O7S2+. The maximum atomic E-state index is 12.5. The predicted octanol–water partition coefficient (Wildman–Crippen LogP) is 5.72. The molecule has 0 unspecified atom stereocenters. The van der Waals surface area contributed by atoms with Gasteiger partial charge >= 0.3 is 11.2 Å². The van der Waals surface area contributed by atoms with Crippen LogP contribution in [-0.2, 0) is 20.2 Å². The van der Waals surface area contributed by atoms with Crippen molar-refractivity contribution in [2.45, 2.75) is 37.5 Å². The highest BCUT2D eigenvalue weighted by atomic mass is 32.2. The lowest BCUT2D eigenvalue weighted by molar-refractivity contribution is 0.481. The summed E-state index contributed by atoms with van der Waals surface area (Å²) >= 11 is 0. The second-order valence-electron chi connectivity index (χ2n) is 8.79. The molecule has 0 saturated carbocycles. The second kappa shape index (κ2) is 10.5. The Labute approximate surface area is 222 Å². The Morgan fingerprint density at radius 2 is 1.13 bits per heavy atom. The zero-order valence-corrected chi connectivity index (χ0v) is 23.3. The first-order valence-corrected chi connectivity index (χ1v) is 15.2. The number of benzene rings is 3. The molecule has 9 nitrogen and oxygen atoms in total. The second-order valence-corrected chi connectivity index (χ2v) is 11.6. The normalized spacial score (nSPS) is 12.3. The van der Waals surface area contributed by atoms with E-state index in [0.717, 1.165) is 49.7 Å². The first kappa shape index (κ1) is 27.8. The van der Waals surface area contributed by atoms with Gasteiger partial charge in [0.2, 0.25) is 0 Å². The van der Waals surface area contributed by atoms with Crippen LogP contribution in [0.3, 0.4) is 0 Å². The molecule has 0 spiro atoms. The molecule has 11 heteroatoms. The lowest BCUT2D eigenvalue weighted by atomic mass is 9.96. The lowest BCUT2D eigenvalue weighted by Crippen LogP contribution is -2.21. The van der Waals surface area contributed by atoms with Gasteiger partial charge in [-0.3, -0.25) is 9.11 Å². The van der Waals surface area contributed by atoms with E-state index in [4.69, 9.17) is 4.42 Å². The molecule has 202 valence electrons. The first-order valence-electron chi connectivity index (χ1n) is 12.4. The maximum Gasteiger partial charge on any atom is 0.363 e. The van der Waals surface area contributed by atoms with Crippen molar-refractivity contribution in [3.8, 4) is 11.1 Å². The zero-order chi connectivity index (χ0) is 27.8. The molecule has 2 N–H and O–H groups in total. The van der Waals surface area contributed by atoms with Crippen LogP contribution in [-0.4, -0.2) is 52.1 Å². The average molecular weight is 560 g/mol. The highest BCUT2D eigenvalue weighted by Crippen LogP contribution is 2.42. The van der Waals surface area contributed by atoms with Gasteiger partial charge in [0.05, 0.1) is 27.8 Å². The SMILES string of the molecule is CCN(CC)c1ccc2c(-c3ccc(S(=O)(=O)O)cc3S(=O)(=O)O)c3ccc(N(CC)CC)cc3[o+]c2c1. The van der Waals surface area contributed by atoms with Crippen molar-refractivity contribution in [3.63, 3.8) is 0 Å². The van der Waals surface area contributed by atoms with Gasteiger partial charge in [0.25, 0.3) is 20.2 Å². The minimum absolute atomic E-state index is 0.0804. The van der Waals surface area contributed by atoms with Gasteiger partial charge in [-0.05, 0) is 64.1 Å². The summed E-state index contributed by atoms with van der Waals surface area (Å²) in [4.78, 5) is 3.02. The van der Waals surface area contributed by atoms with Crippen molar-refractivity contribution in [2.75, 3.05) is 36.0 Å². The molecule has 0 fully saturated rings. The molecule has 0 atom stereocenters. The van der Waals surface area contributed by atoms with Crippen molar-refractivity contribution in [2.24, 2.45) is 0 Å².